The van der Waals surface area contributed by atoms with Gasteiger partial charge in [0.2, 0.25) is 0 Å². The van der Waals surface area contributed by atoms with E-state index < -0.39 is 0 Å². The highest BCUT2D eigenvalue weighted by Crippen LogP contribution is 2.18. The second-order valence-corrected chi connectivity index (χ2v) is 4.02. The molecule has 3 N–H and O–H groups in total. The lowest BCUT2D eigenvalue weighted by molar-refractivity contribution is 0.728. The molecule has 82 valence electrons. The molecule has 3 heteroatoms. The Hall–Kier alpha value is -1.51. The Bertz CT molecular complexity index is 346. The highest BCUT2D eigenvalue weighted by Gasteiger charge is 2.10. The summed E-state index contributed by atoms with van der Waals surface area (Å²) in [7, 11) is 2.03. The van der Waals surface area contributed by atoms with Crippen LogP contribution >= 0.6 is 0 Å². The minimum absolute atomic E-state index is 0.0922. The van der Waals surface area contributed by atoms with Crippen molar-refractivity contribution in [3.8, 4) is 0 Å². The van der Waals surface area contributed by atoms with E-state index in [-0.39, 0.29) is 11.8 Å². The summed E-state index contributed by atoms with van der Waals surface area (Å²) in [6.45, 7) is 4.83. The Balaban J connectivity index is 2.73. The van der Waals surface area contributed by atoms with E-state index in [1.807, 2.05) is 26.1 Å². The van der Waals surface area contributed by atoms with Gasteiger partial charge in [0.15, 0.2) is 0 Å². The number of hydrogen-bond donors (Lipinski definition) is 2. The maximum absolute atomic E-state index is 7.36. The summed E-state index contributed by atoms with van der Waals surface area (Å²) in [4.78, 5) is 2.14. The molecule has 15 heavy (non-hydrogen) atoms. The topological polar surface area (TPSA) is 53.1 Å². The first-order chi connectivity index (χ1) is 7.02. The Labute approximate surface area is 91.4 Å². The lowest BCUT2D eigenvalue weighted by Crippen LogP contribution is -2.32. The van der Waals surface area contributed by atoms with Crippen LogP contribution in [0.25, 0.3) is 0 Å². The van der Waals surface area contributed by atoms with Crippen molar-refractivity contribution < 1.29 is 0 Å². The zero-order valence-corrected chi connectivity index (χ0v) is 9.62. The molecule has 0 radical (unpaired) electrons. The predicted octanol–water partition coefficient (Wildman–Crippen LogP) is 2.00. The van der Waals surface area contributed by atoms with Crippen molar-refractivity contribution >= 4 is 11.5 Å². The van der Waals surface area contributed by atoms with Gasteiger partial charge in [-0.05, 0) is 18.6 Å². The van der Waals surface area contributed by atoms with Crippen LogP contribution in [0.3, 0.4) is 0 Å². The molecule has 1 rings (SSSR count). The van der Waals surface area contributed by atoms with E-state index in [2.05, 4.69) is 24.0 Å². The van der Waals surface area contributed by atoms with E-state index in [4.69, 9.17) is 11.1 Å². The molecule has 0 aromatic heterocycles. The van der Waals surface area contributed by atoms with Crippen LogP contribution in [0.5, 0.6) is 0 Å². The highest BCUT2D eigenvalue weighted by molar-refractivity contribution is 5.79. The molecule has 0 saturated heterocycles. The van der Waals surface area contributed by atoms with Crippen LogP contribution < -0.4 is 10.6 Å². The first kappa shape index (κ1) is 11.6. The third-order valence-corrected chi connectivity index (χ3v) is 2.61. The Kier molecular flexibility index (Phi) is 3.72. The monoisotopic (exact) mass is 205 g/mol. The molecule has 0 saturated carbocycles. The van der Waals surface area contributed by atoms with Crippen molar-refractivity contribution in [1.29, 1.82) is 5.41 Å². The van der Waals surface area contributed by atoms with Gasteiger partial charge in [0.05, 0.1) is 5.84 Å². The Morgan fingerprint density at radius 3 is 2.60 bits per heavy atom. The maximum atomic E-state index is 7.36. The van der Waals surface area contributed by atoms with Crippen LogP contribution in [-0.4, -0.2) is 19.4 Å². The standard InChI is InChI=1S/C12H19N3/c1-9-6-4-5-7-11(9)15(3)8-10(2)12(13)14/h4-7,10H,8H2,1-3H3,(H3,13,14). The molecule has 0 aliphatic carbocycles. The number of benzene rings is 1. The van der Waals surface area contributed by atoms with Crippen LogP contribution in [0.4, 0.5) is 5.69 Å². The number of nitrogens with one attached hydrogen (secondary N) is 1. The third-order valence-electron chi connectivity index (χ3n) is 2.61. The summed E-state index contributed by atoms with van der Waals surface area (Å²) in [6.07, 6.45) is 0. The van der Waals surface area contributed by atoms with Crippen LogP contribution in [0.2, 0.25) is 0 Å². The Morgan fingerprint density at radius 2 is 2.07 bits per heavy atom. The van der Waals surface area contributed by atoms with Gasteiger partial charge in [-0.1, -0.05) is 25.1 Å². The van der Waals surface area contributed by atoms with Crippen molar-refractivity contribution in [2.75, 3.05) is 18.5 Å². The molecule has 0 aliphatic rings. The van der Waals surface area contributed by atoms with Gasteiger partial charge in [-0.25, -0.2) is 0 Å². The van der Waals surface area contributed by atoms with Gasteiger partial charge < -0.3 is 10.6 Å². The molecule has 0 heterocycles. The molecular weight excluding hydrogens is 186 g/mol. The van der Waals surface area contributed by atoms with Crippen molar-refractivity contribution in [2.24, 2.45) is 11.7 Å². The fourth-order valence-electron chi connectivity index (χ4n) is 1.60. The largest absolute Gasteiger partial charge is 0.387 e. The summed E-state index contributed by atoms with van der Waals surface area (Å²) in [6, 6.07) is 8.23. The number of nitrogens with two attached hydrogens (primary N) is 1. The van der Waals surface area contributed by atoms with Gasteiger partial charge >= 0.3 is 0 Å². The highest BCUT2D eigenvalue weighted by atomic mass is 15.1. The first-order valence-electron chi connectivity index (χ1n) is 5.13. The fourth-order valence-corrected chi connectivity index (χ4v) is 1.60. The predicted molar refractivity (Wildman–Crippen MR) is 65.5 cm³/mol. The summed E-state index contributed by atoms with van der Waals surface area (Å²) in [5.74, 6) is 0.338. The third kappa shape index (κ3) is 2.98. The van der Waals surface area contributed by atoms with Crippen LogP contribution in [-0.2, 0) is 0 Å². The smallest absolute Gasteiger partial charge is 0.0952 e. The fraction of sp³-hybridized carbons (Fsp3) is 0.417. The second kappa shape index (κ2) is 4.82. The molecule has 1 aromatic rings. The van der Waals surface area contributed by atoms with Crippen molar-refractivity contribution in [3.63, 3.8) is 0 Å². The second-order valence-electron chi connectivity index (χ2n) is 4.02. The molecule has 0 amide bonds. The van der Waals surface area contributed by atoms with Gasteiger partial charge in [-0.15, -0.1) is 0 Å². The van der Waals surface area contributed by atoms with E-state index in [0.29, 0.717) is 0 Å². The van der Waals surface area contributed by atoms with Gasteiger partial charge in [0.1, 0.15) is 0 Å². The Morgan fingerprint density at radius 1 is 1.47 bits per heavy atom. The van der Waals surface area contributed by atoms with Crippen LogP contribution in [0, 0.1) is 18.3 Å². The minimum Gasteiger partial charge on any atom is -0.387 e. The average Bonchev–Trinajstić information content (AvgIpc) is 2.18. The van der Waals surface area contributed by atoms with E-state index >= 15 is 0 Å². The van der Waals surface area contributed by atoms with E-state index in [9.17, 15) is 0 Å². The number of rotatable bonds is 4. The molecular formula is C12H19N3. The van der Waals surface area contributed by atoms with Gasteiger partial charge in [-0.2, -0.15) is 0 Å². The normalized spacial score (nSPS) is 12.2. The van der Waals surface area contributed by atoms with Crippen molar-refractivity contribution in [2.45, 2.75) is 13.8 Å². The van der Waals surface area contributed by atoms with Gasteiger partial charge in [0.25, 0.3) is 0 Å². The number of hydrogen-bond acceptors (Lipinski definition) is 2. The molecule has 3 nitrogen and oxygen atoms in total. The number of aryl methyl sites for hydroxylation is 1. The van der Waals surface area contributed by atoms with Gasteiger partial charge in [-0.3, -0.25) is 5.41 Å². The first-order valence-corrected chi connectivity index (χ1v) is 5.13. The maximum Gasteiger partial charge on any atom is 0.0952 e. The molecule has 0 bridgehead atoms. The van der Waals surface area contributed by atoms with E-state index in [1.54, 1.807) is 0 Å². The molecule has 1 aromatic carbocycles. The molecule has 1 atom stereocenters. The van der Waals surface area contributed by atoms with Crippen molar-refractivity contribution in [1.82, 2.24) is 0 Å². The molecule has 0 spiro atoms. The van der Waals surface area contributed by atoms with Crippen LogP contribution in [0.15, 0.2) is 24.3 Å². The molecule has 0 aliphatic heterocycles. The molecule has 1 unspecified atom stereocenters. The summed E-state index contributed by atoms with van der Waals surface area (Å²) in [5, 5.41) is 7.36. The van der Waals surface area contributed by atoms with E-state index in [1.165, 1.54) is 11.3 Å². The quantitative estimate of drug-likeness (QED) is 0.583. The average molecular weight is 205 g/mol. The minimum atomic E-state index is 0.0922. The SMILES string of the molecule is Cc1ccccc1N(C)CC(C)C(=N)N. The van der Waals surface area contributed by atoms with Gasteiger partial charge in [0, 0.05) is 25.2 Å². The summed E-state index contributed by atoms with van der Waals surface area (Å²) in [5.41, 5.74) is 7.90. The number of amidine groups is 1. The van der Waals surface area contributed by atoms with E-state index in [0.717, 1.165) is 6.54 Å². The molecule has 0 fully saturated rings. The summed E-state index contributed by atoms with van der Waals surface area (Å²) < 4.78 is 0. The van der Waals surface area contributed by atoms with Crippen LogP contribution in [0.1, 0.15) is 12.5 Å². The number of para-hydroxylation sites is 1. The van der Waals surface area contributed by atoms with Crippen molar-refractivity contribution in [3.05, 3.63) is 29.8 Å². The zero-order valence-electron chi connectivity index (χ0n) is 9.62. The lowest BCUT2D eigenvalue weighted by Gasteiger charge is -2.24. The lowest BCUT2D eigenvalue weighted by atomic mass is 10.1. The summed E-state index contributed by atoms with van der Waals surface area (Å²) >= 11 is 0. The zero-order chi connectivity index (χ0) is 11.4. The number of nitrogens with zero attached hydrogens (tertiary/aromatic N) is 1. The number of anilines is 1.